The van der Waals surface area contributed by atoms with Crippen LogP contribution in [-0.2, 0) is 20.5 Å². The van der Waals surface area contributed by atoms with E-state index in [0.29, 0.717) is 23.5 Å². The number of benzene rings is 2. The Balaban J connectivity index is 1.59. The molecule has 4 rings (SSSR count). The average Bonchev–Trinajstić information content (AvgIpc) is 3.24. The van der Waals surface area contributed by atoms with Gasteiger partial charge in [0.05, 0.1) is 30.8 Å². The van der Waals surface area contributed by atoms with Crippen LogP contribution in [0.25, 0.3) is 0 Å². The number of hydrogen-bond donors (Lipinski definition) is 2. The molecule has 1 saturated heterocycles. The monoisotopic (exact) mass is 573 g/mol. The van der Waals surface area contributed by atoms with Crippen LogP contribution < -0.4 is 10.6 Å². The molecule has 1 heterocycles. The van der Waals surface area contributed by atoms with Gasteiger partial charge < -0.3 is 15.0 Å². The van der Waals surface area contributed by atoms with Crippen LogP contribution in [0.5, 0.6) is 0 Å². The number of alkyl halides is 3. The van der Waals surface area contributed by atoms with Crippen molar-refractivity contribution in [2.24, 2.45) is 5.92 Å². The third-order valence-corrected chi connectivity index (χ3v) is 8.54. The third-order valence-electron chi connectivity index (χ3n) is 8.54. The van der Waals surface area contributed by atoms with Crippen LogP contribution in [0, 0.1) is 5.92 Å². The van der Waals surface area contributed by atoms with Crippen molar-refractivity contribution in [3.63, 3.8) is 0 Å². The van der Waals surface area contributed by atoms with Crippen LogP contribution in [-0.4, -0.2) is 42.0 Å². The number of halogens is 3. The van der Waals surface area contributed by atoms with Crippen LogP contribution in [0.4, 0.5) is 13.2 Å². The van der Waals surface area contributed by atoms with Gasteiger partial charge in [0.2, 0.25) is 5.91 Å². The van der Waals surface area contributed by atoms with Crippen molar-refractivity contribution in [2.75, 3.05) is 13.7 Å². The van der Waals surface area contributed by atoms with Crippen molar-refractivity contribution in [3.8, 4) is 0 Å². The van der Waals surface area contributed by atoms with Crippen molar-refractivity contribution in [3.05, 3.63) is 70.8 Å². The van der Waals surface area contributed by atoms with E-state index in [9.17, 15) is 27.6 Å². The zero-order chi connectivity index (χ0) is 29.8. The highest BCUT2D eigenvalue weighted by molar-refractivity contribution is 5.94. The Kier molecular flexibility index (Phi) is 9.41. The van der Waals surface area contributed by atoms with E-state index >= 15 is 0 Å². The van der Waals surface area contributed by atoms with Gasteiger partial charge in [-0.15, -0.1) is 0 Å². The van der Waals surface area contributed by atoms with E-state index in [4.69, 9.17) is 0 Å². The molecule has 0 bridgehead atoms. The Labute approximate surface area is 238 Å². The quantitative estimate of drug-likeness (QED) is 0.364. The molecule has 1 spiro atoms. The van der Waals surface area contributed by atoms with Gasteiger partial charge in [-0.3, -0.25) is 19.7 Å². The first-order valence-electron chi connectivity index (χ1n) is 14.3. The normalized spacial score (nSPS) is 23.5. The molecule has 2 fully saturated rings. The van der Waals surface area contributed by atoms with Gasteiger partial charge in [0, 0.05) is 12.1 Å². The van der Waals surface area contributed by atoms with Gasteiger partial charge in [0.25, 0.3) is 5.91 Å². The van der Waals surface area contributed by atoms with Gasteiger partial charge >= 0.3 is 12.1 Å². The molecule has 0 radical (unpaired) electrons. The molecule has 1 saturated carbocycles. The summed E-state index contributed by atoms with van der Waals surface area (Å²) in [4.78, 5) is 39.9. The second-order valence-electron chi connectivity index (χ2n) is 10.9. The van der Waals surface area contributed by atoms with E-state index < -0.39 is 29.4 Å². The first kappa shape index (κ1) is 30.6. The smallest absolute Gasteiger partial charge is 0.416 e. The Morgan fingerprint density at radius 2 is 1.71 bits per heavy atom. The number of rotatable bonds is 9. The molecule has 10 heteroatoms. The van der Waals surface area contributed by atoms with Crippen molar-refractivity contribution < 1.29 is 32.3 Å². The van der Waals surface area contributed by atoms with Crippen molar-refractivity contribution >= 4 is 17.8 Å². The van der Waals surface area contributed by atoms with E-state index in [1.807, 2.05) is 24.0 Å². The fraction of sp³-hybridized carbons (Fsp3) is 0.516. The maximum absolute atomic E-state index is 14.1. The Hall–Kier alpha value is -3.40. The summed E-state index contributed by atoms with van der Waals surface area (Å²) in [6.07, 6.45) is 0.724. The van der Waals surface area contributed by atoms with Crippen molar-refractivity contribution in [1.82, 2.24) is 15.5 Å². The molecular formula is C31H38F3N3O4. The van der Waals surface area contributed by atoms with Crippen LogP contribution in [0.15, 0.2) is 48.5 Å². The predicted octanol–water partition coefficient (Wildman–Crippen LogP) is 5.92. The molecule has 1 aliphatic carbocycles. The van der Waals surface area contributed by atoms with Crippen LogP contribution in [0.2, 0.25) is 0 Å². The van der Waals surface area contributed by atoms with Gasteiger partial charge in [0.1, 0.15) is 6.04 Å². The third kappa shape index (κ3) is 6.58. The number of amides is 2. The van der Waals surface area contributed by atoms with Gasteiger partial charge in [-0.1, -0.05) is 44.5 Å². The Morgan fingerprint density at radius 1 is 1.07 bits per heavy atom. The largest absolute Gasteiger partial charge is 0.469 e. The molecule has 2 N–H and O–H groups in total. The van der Waals surface area contributed by atoms with E-state index in [-0.39, 0.29) is 30.8 Å². The highest BCUT2D eigenvalue weighted by Gasteiger charge is 2.54. The number of esters is 1. The molecule has 7 nitrogen and oxygen atoms in total. The van der Waals surface area contributed by atoms with Gasteiger partial charge in [-0.05, 0) is 73.4 Å². The molecule has 0 aromatic heterocycles. The average molecular weight is 574 g/mol. The minimum Gasteiger partial charge on any atom is -0.469 e. The van der Waals surface area contributed by atoms with Crippen molar-refractivity contribution in [1.29, 1.82) is 0 Å². The maximum Gasteiger partial charge on any atom is 0.416 e. The van der Waals surface area contributed by atoms with Crippen molar-refractivity contribution in [2.45, 2.75) is 82.7 Å². The molecule has 2 aromatic carbocycles. The second-order valence-corrected chi connectivity index (χ2v) is 10.9. The summed E-state index contributed by atoms with van der Waals surface area (Å²) in [5.41, 5.74) is 0.457. The molecule has 222 valence electrons. The highest BCUT2D eigenvalue weighted by Crippen LogP contribution is 2.47. The standard InChI is InChI=1S/C31H38F3N3O4/c1-4-20-14-17-30(18-15-20)36-27(22-10-12-24(13-11-22)31(32,33)34)29(40)37(30)25(5-2)21-6-8-23(9-7-21)28(39)35-19-16-26(38)41-3/h6-13,20,25,27,36H,4-5,14-19H2,1-3H3,(H,35,39). The maximum atomic E-state index is 14.1. The lowest BCUT2D eigenvalue weighted by Crippen LogP contribution is -2.55. The fourth-order valence-corrected chi connectivity index (χ4v) is 6.15. The predicted molar refractivity (Wildman–Crippen MR) is 148 cm³/mol. The van der Waals surface area contributed by atoms with E-state index in [1.54, 1.807) is 12.1 Å². The molecular weight excluding hydrogens is 535 g/mol. The van der Waals surface area contributed by atoms with Gasteiger partial charge in [-0.2, -0.15) is 13.2 Å². The topological polar surface area (TPSA) is 87.7 Å². The number of carbonyl (C=O) groups is 3. The number of nitrogens with one attached hydrogen (secondary N) is 2. The van der Waals surface area contributed by atoms with Crippen LogP contribution >= 0.6 is 0 Å². The molecule has 1 aliphatic heterocycles. The fourth-order valence-electron chi connectivity index (χ4n) is 6.15. The first-order chi connectivity index (χ1) is 19.5. The number of methoxy groups -OCH3 is 1. The Bertz CT molecular complexity index is 1220. The molecule has 2 aromatic rings. The highest BCUT2D eigenvalue weighted by atomic mass is 19.4. The lowest BCUT2D eigenvalue weighted by molar-refractivity contribution is -0.140. The number of hydrogen-bond acceptors (Lipinski definition) is 5. The Morgan fingerprint density at radius 3 is 2.24 bits per heavy atom. The minimum absolute atomic E-state index is 0.0728. The molecule has 2 atom stereocenters. The summed E-state index contributed by atoms with van der Waals surface area (Å²) in [5, 5.41) is 6.27. The zero-order valence-corrected chi connectivity index (χ0v) is 23.7. The first-order valence-corrected chi connectivity index (χ1v) is 14.3. The van der Waals surface area contributed by atoms with Gasteiger partial charge in [-0.25, -0.2) is 0 Å². The summed E-state index contributed by atoms with van der Waals surface area (Å²) in [6, 6.07) is 10.9. The SMILES string of the molecule is CCC1CCC2(CC1)NC(c1ccc(C(F)(F)F)cc1)C(=O)N2C(CC)c1ccc(C(=O)NCCC(=O)OC)cc1. The minimum atomic E-state index is -4.45. The lowest BCUT2D eigenvalue weighted by Gasteiger charge is -2.46. The van der Waals surface area contributed by atoms with Crippen LogP contribution in [0.3, 0.4) is 0 Å². The van der Waals surface area contributed by atoms with E-state index in [1.165, 1.54) is 19.2 Å². The summed E-state index contributed by atoms with van der Waals surface area (Å²) >= 11 is 0. The summed E-state index contributed by atoms with van der Waals surface area (Å²) in [5.74, 6) is -0.311. The molecule has 41 heavy (non-hydrogen) atoms. The molecule has 2 aliphatic rings. The number of ether oxygens (including phenoxy) is 1. The van der Waals surface area contributed by atoms with E-state index in [0.717, 1.165) is 49.8 Å². The number of carbonyl (C=O) groups excluding carboxylic acids is 3. The summed E-state index contributed by atoms with van der Waals surface area (Å²) < 4.78 is 44.1. The number of nitrogens with zero attached hydrogens (tertiary/aromatic N) is 1. The summed E-state index contributed by atoms with van der Waals surface area (Å²) in [6.45, 7) is 4.33. The second kappa shape index (κ2) is 12.6. The molecule has 2 unspecified atom stereocenters. The van der Waals surface area contributed by atoms with E-state index in [2.05, 4.69) is 22.3 Å². The molecule has 2 amide bonds. The lowest BCUT2D eigenvalue weighted by atomic mass is 9.79. The van der Waals surface area contributed by atoms with Crippen LogP contribution in [0.1, 0.15) is 97.9 Å². The zero-order valence-electron chi connectivity index (χ0n) is 23.7. The summed E-state index contributed by atoms with van der Waals surface area (Å²) in [7, 11) is 1.29. The van der Waals surface area contributed by atoms with Gasteiger partial charge in [0.15, 0.2) is 0 Å².